The number of aromatic nitrogens is 3. The Balaban J connectivity index is 1.60. The Morgan fingerprint density at radius 3 is 2.93 bits per heavy atom. The average Bonchev–Trinajstić information content (AvgIpc) is 3.30. The lowest BCUT2D eigenvalue weighted by atomic mass is 10.1. The first kappa shape index (κ1) is 17.0. The molecule has 0 aliphatic heterocycles. The summed E-state index contributed by atoms with van der Waals surface area (Å²) in [6, 6.07) is 4.86. The summed E-state index contributed by atoms with van der Waals surface area (Å²) >= 11 is 6.05. The molecule has 136 valence electrons. The minimum Gasteiger partial charge on any atom is -0.465 e. The van der Waals surface area contributed by atoms with Gasteiger partial charge in [-0.05, 0) is 18.2 Å². The van der Waals surface area contributed by atoms with E-state index in [9.17, 15) is 9.59 Å². The average molecular weight is 385 g/mol. The van der Waals surface area contributed by atoms with E-state index >= 15 is 0 Å². The van der Waals surface area contributed by atoms with Gasteiger partial charge in [-0.25, -0.2) is 9.78 Å². The van der Waals surface area contributed by atoms with Crippen LogP contribution in [0.25, 0.3) is 22.0 Å². The van der Waals surface area contributed by atoms with Gasteiger partial charge < -0.3 is 19.5 Å². The van der Waals surface area contributed by atoms with Crippen molar-refractivity contribution < 1.29 is 18.7 Å². The first-order chi connectivity index (χ1) is 13.1. The van der Waals surface area contributed by atoms with E-state index in [1.54, 1.807) is 18.3 Å². The van der Waals surface area contributed by atoms with Gasteiger partial charge in [-0.3, -0.25) is 9.78 Å². The Kier molecular flexibility index (Phi) is 4.25. The van der Waals surface area contributed by atoms with Crippen molar-refractivity contribution in [2.75, 3.05) is 7.11 Å². The van der Waals surface area contributed by atoms with Crippen LogP contribution in [0.4, 0.5) is 0 Å². The summed E-state index contributed by atoms with van der Waals surface area (Å²) in [7, 11) is 1.28. The van der Waals surface area contributed by atoms with Gasteiger partial charge in [0, 0.05) is 16.6 Å². The molecule has 4 aromatic rings. The summed E-state index contributed by atoms with van der Waals surface area (Å²) in [5, 5.41) is 3.79. The molecule has 0 unspecified atom stereocenters. The van der Waals surface area contributed by atoms with Crippen molar-refractivity contribution >= 4 is 45.5 Å². The maximum atomic E-state index is 12.5. The van der Waals surface area contributed by atoms with Crippen LogP contribution in [0.3, 0.4) is 0 Å². The maximum absolute atomic E-state index is 12.5. The van der Waals surface area contributed by atoms with Gasteiger partial charge in [-0.15, -0.1) is 0 Å². The molecule has 0 aliphatic carbocycles. The van der Waals surface area contributed by atoms with Crippen LogP contribution >= 0.6 is 11.6 Å². The predicted octanol–water partition coefficient (Wildman–Crippen LogP) is 3.07. The maximum Gasteiger partial charge on any atom is 0.341 e. The molecular formula is C18H13ClN4O4. The third-order valence-electron chi connectivity index (χ3n) is 4.04. The Bertz CT molecular complexity index is 1180. The number of amides is 1. The summed E-state index contributed by atoms with van der Waals surface area (Å²) in [4.78, 5) is 35.5. The van der Waals surface area contributed by atoms with Crippen LogP contribution in [0, 0.1) is 0 Å². The standard InChI is InChI=1S/C18H13ClN4O4/c1-26-18(25)12-4-10(19)2-9-3-11(27-16(9)12)5-21-17(24)13-6-20-7-14-15(13)23-8-22-14/h2-4,6-8H,5H2,1H3,(H,21,24)(H,22,23). The fourth-order valence-corrected chi connectivity index (χ4v) is 3.04. The summed E-state index contributed by atoms with van der Waals surface area (Å²) in [5.74, 6) is -0.427. The van der Waals surface area contributed by atoms with Crippen molar-refractivity contribution in [2.45, 2.75) is 6.54 Å². The second kappa shape index (κ2) is 6.73. The SMILES string of the molecule is COC(=O)c1cc(Cl)cc2cc(CNC(=O)c3cncc4[nH]cnc34)oc12. The number of carbonyl (C=O) groups is 2. The van der Waals surface area contributed by atoms with Crippen LogP contribution in [0.15, 0.2) is 41.3 Å². The van der Waals surface area contributed by atoms with Crippen LogP contribution in [-0.2, 0) is 11.3 Å². The van der Waals surface area contributed by atoms with Crippen LogP contribution in [-0.4, -0.2) is 33.9 Å². The minimum absolute atomic E-state index is 0.118. The number of halogens is 1. The van der Waals surface area contributed by atoms with Crippen LogP contribution in [0.2, 0.25) is 5.02 Å². The number of imidazole rings is 1. The minimum atomic E-state index is -0.552. The highest BCUT2D eigenvalue weighted by molar-refractivity contribution is 6.32. The highest BCUT2D eigenvalue weighted by atomic mass is 35.5. The molecule has 0 radical (unpaired) electrons. The van der Waals surface area contributed by atoms with Crippen molar-refractivity contribution in [1.82, 2.24) is 20.3 Å². The number of aromatic amines is 1. The molecule has 9 heteroatoms. The van der Waals surface area contributed by atoms with Gasteiger partial charge in [0.15, 0.2) is 0 Å². The molecule has 1 aromatic carbocycles. The number of rotatable bonds is 4. The van der Waals surface area contributed by atoms with Gasteiger partial charge in [0.1, 0.15) is 22.4 Å². The number of ether oxygens (including phenoxy) is 1. The summed E-state index contributed by atoms with van der Waals surface area (Å²) in [5.41, 5.74) is 2.13. The van der Waals surface area contributed by atoms with Crippen molar-refractivity contribution in [3.8, 4) is 0 Å². The van der Waals surface area contributed by atoms with E-state index in [4.69, 9.17) is 20.8 Å². The number of methoxy groups -OCH3 is 1. The molecule has 8 nitrogen and oxygen atoms in total. The summed E-state index contributed by atoms with van der Waals surface area (Å²) in [6.45, 7) is 0.118. The number of pyridine rings is 1. The molecule has 0 saturated carbocycles. The number of esters is 1. The lowest BCUT2D eigenvalue weighted by Crippen LogP contribution is -2.23. The Morgan fingerprint density at radius 1 is 1.26 bits per heavy atom. The van der Waals surface area contributed by atoms with Gasteiger partial charge in [0.25, 0.3) is 5.91 Å². The molecule has 1 amide bonds. The molecule has 2 N–H and O–H groups in total. The molecule has 4 rings (SSSR count). The molecule has 0 bridgehead atoms. The fraction of sp³-hybridized carbons (Fsp3) is 0.111. The highest BCUT2D eigenvalue weighted by Crippen LogP contribution is 2.28. The largest absolute Gasteiger partial charge is 0.465 e. The first-order valence-electron chi connectivity index (χ1n) is 7.92. The van der Waals surface area contributed by atoms with Crippen molar-refractivity contribution in [2.24, 2.45) is 0 Å². The zero-order chi connectivity index (χ0) is 19.0. The normalized spacial score (nSPS) is 11.0. The van der Waals surface area contributed by atoms with Gasteiger partial charge in [-0.2, -0.15) is 0 Å². The van der Waals surface area contributed by atoms with Crippen molar-refractivity contribution in [3.63, 3.8) is 0 Å². The van der Waals surface area contributed by atoms with E-state index in [0.29, 0.717) is 38.3 Å². The van der Waals surface area contributed by atoms with Gasteiger partial charge in [0.05, 0.1) is 37.3 Å². The van der Waals surface area contributed by atoms with E-state index in [1.165, 1.54) is 25.7 Å². The number of carbonyl (C=O) groups excluding carboxylic acids is 2. The zero-order valence-corrected chi connectivity index (χ0v) is 14.8. The number of nitrogens with one attached hydrogen (secondary N) is 2. The quantitative estimate of drug-likeness (QED) is 0.523. The highest BCUT2D eigenvalue weighted by Gasteiger charge is 2.18. The Morgan fingerprint density at radius 2 is 2.11 bits per heavy atom. The third-order valence-corrected chi connectivity index (χ3v) is 4.25. The van der Waals surface area contributed by atoms with Gasteiger partial charge in [0.2, 0.25) is 0 Å². The van der Waals surface area contributed by atoms with E-state index in [0.717, 1.165) is 0 Å². The molecule has 0 spiro atoms. The van der Waals surface area contributed by atoms with Gasteiger partial charge >= 0.3 is 5.97 Å². The second-order valence-electron chi connectivity index (χ2n) is 5.74. The van der Waals surface area contributed by atoms with E-state index in [-0.39, 0.29) is 18.0 Å². The Hall–Kier alpha value is -3.39. The molecular weight excluding hydrogens is 372 g/mol. The first-order valence-corrected chi connectivity index (χ1v) is 8.30. The Labute approximate surface area is 157 Å². The molecule has 3 aromatic heterocycles. The lowest BCUT2D eigenvalue weighted by Gasteiger charge is -2.03. The fourth-order valence-electron chi connectivity index (χ4n) is 2.81. The number of H-pyrrole nitrogens is 1. The van der Waals surface area contributed by atoms with E-state index in [1.807, 2.05) is 0 Å². The predicted molar refractivity (Wildman–Crippen MR) is 97.6 cm³/mol. The number of hydrogen-bond donors (Lipinski definition) is 2. The van der Waals surface area contributed by atoms with E-state index < -0.39 is 5.97 Å². The number of furan rings is 1. The molecule has 3 heterocycles. The lowest BCUT2D eigenvalue weighted by molar-refractivity contribution is 0.0601. The molecule has 0 saturated heterocycles. The van der Waals surface area contributed by atoms with E-state index in [2.05, 4.69) is 20.3 Å². The van der Waals surface area contributed by atoms with Gasteiger partial charge in [-0.1, -0.05) is 11.6 Å². The molecule has 0 fully saturated rings. The molecule has 0 aliphatic rings. The second-order valence-corrected chi connectivity index (χ2v) is 6.18. The van der Waals surface area contributed by atoms with Crippen LogP contribution in [0.5, 0.6) is 0 Å². The monoisotopic (exact) mass is 384 g/mol. The topological polar surface area (TPSA) is 110 Å². The summed E-state index contributed by atoms with van der Waals surface area (Å²) in [6.07, 6.45) is 4.54. The summed E-state index contributed by atoms with van der Waals surface area (Å²) < 4.78 is 10.5. The van der Waals surface area contributed by atoms with Crippen LogP contribution in [0.1, 0.15) is 26.5 Å². The van der Waals surface area contributed by atoms with Crippen molar-refractivity contribution in [3.05, 3.63) is 58.8 Å². The van der Waals surface area contributed by atoms with Crippen molar-refractivity contribution in [1.29, 1.82) is 0 Å². The zero-order valence-electron chi connectivity index (χ0n) is 14.1. The number of nitrogens with zero attached hydrogens (tertiary/aromatic N) is 2. The molecule has 0 atom stereocenters. The number of fused-ring (bicyclic) bond motifs is 2. The third kappa shape index (κ3) is 3.11. The molecule has 27 heavy (non-hydrogen) atoms. The number of benzene rings is 1. The number of hydrogen-bond acceptors (Lipinski definition) is 6. The smallest absolute Gasteiger partial charge is 0.341 e. The van der Waals surface area contributed by atoms with Crippen LogP contribution < -0.4 is 5.32 Å².